The molecular weight excluding hydrogens is 186 g/mol. The van der Waals surface area contributed by atoms with Crippen LogP contribution < -0.4 is 5.32 Å². The topological polar surface area (TPSA) is 29.9 Å². The fourth-order valence-electron chi connectivity index (χ4n) is 2.22. The van der Waals surface area contributed by atoms with Crippen LogP contribution in [0.5, 0.6) is 0 Å². The van der Waals surface area contributed by atoms with Crippen LogP contribution in [0.1, 0.15) is 50.7 Å². The van der Waals surface area contributed by atoms with E-state index >= 15 is 0 Å². The van der Waals surface area contributed by atoms with Gasteiger partial charge in [0.25, 0.3) is 0 Å². The summed E-state index contributed by atoms with van der Waals surface area (Å²) in [6.45, 7) is 9.73. The first kappa shape index (κ1) is 12.2. The molecule has 0 aliphatic rings. The molecule has 1 N–H and O–H groups in total. The van der Waals surface area contributed by atoms with Crippen molar-refractivity contribution in [2.75, 3.05) is 6.54 Å². The molecule has 0 aromatic carbocycles. The van der Waals surface area contributed by atoms with Crippen LogP contribution >= 0.6 is 0 Å². The Balaban J connectivity index is 3.10. The summed E-state index contributed by atoms with van der Waals surface area (Å²) in [5.74, 6) is 0. The maximum Gasteiger partial charge on any atom is 0.0672 e. The number of aromatic nitrogens is 2. The van der Waals surface area contributed by atoms with E-state index in [1.165, 1.54) is 17.0 Å². The van der Waals surface area contributed by atoms with Crippen molar-refractivity contribution in [3.05, 3.63) is 17.0 Å². The van der Waals surface area contributed by atoms with Crippen LogP contribution in [0.25, 0.3) is 0 Å². The lowest BCUT2D eigenvalue weighted by Gasteiger charge is -2.14. The molecule has 0 amide bonds. The van der Waals surface area contributed by atoms with Crippen molar-refractivity contribution in [3.63, 3.8) is 0 Å². The minimum absolute atomic E-state index is 0.411. The highest BCUT2D eigenvalue weighted by Crippen LogP contribution is 2.22. The van der Waals surface area contributed by atoms with E-state index in [9.17, 15) is 0 Å². The third-order valence-electron chi connectivity index (χ3n) is 2.90. The molecule has 15 heavy (non-hydrogen) atoms. The predicted molar refractivity (Wildman–Crippen MR) is 64.1 cm³/mol. The Bertz CT molecular complexity index is 315. The van der Waals surface area contributed by atoms with Crippen LogP contribution in [-0.2, 0) is 19.9 Å². The molecule has 0 spiro atoms. The molecule has 3 nitrogen and oxygen atoms in total. The zero-order chi connectivity index (χ0) is 11.4. The van der Waals surface area contributed by atoms with Crippen LogP contribution in [0.3, 0.4) is 0 Å². The summed E-state index contributed by atoms with van der Waals surface area (Å²) < 4.78 is 2.03. The van der Waals surface area contributed by atoms with Crippen molar-refractivity contribution < 1.29 is 0 Å². The number of hydrogen-bond donors (Lipinski definition) is 1. The zero-order valence-corrected chi connectivity index (χ0v) is 10.6. The van der Waals surface area contributed by atoms with E-state index in [1.54, 1.807) is 0 Å². The van der Waals surface area contributed by atoms with Gasteiger partial charge in [-0.25, -0.2) is 0 Å². The average molecular weight is 209 g/mol. The van der Waals surface area contributed by atoms with E-state index in [4.69, 9.17) is 0 Å². The first-order valence-electron chi connectivity index (χ1n) is 5.93. The summed E-state index contributed by atoms with van der Waals surface area (Å²) >= 11 is 0. The van der Waals surface area contributed by atoms with Crippen molar-refractivity contribution in [3.8, 4) is 0 Å². The number of aryl methyl sites for hydroxylation is 2. The van der Waals surface area contributed by atoms with E-state index in [0.717, 1.165) is 19.4 Å². The number of rotatable bonds is 5. The van der Waals surface area contributed by atoms with Crippen molar-refractivity contribution >= 4 is 0 Å². The SMILES string of the molecule is CCNC(C)c1c(CC)nn(C)c1CC. The van der Waals surface area contributed by atoms with Gasteiger partial charge in [-0.1, -0.05) is 20.8 Å². The van der Waals surface area contributed by atoms with Gasteiger partial charge in [-0.2, -0.15) is 5.10 Å². The second kappa shape index (κ2) is 5.31. The highest BCUT2D eigenvalue weighted by Gasteiger charge is 2.18. The van der Waals surface area contributed by atoms with Crippen LogP contribution in [-0.4, -0.2) is 16.3 Å². The molecule has 1 rings (SSSR count). The molecule has 0 bridgehead atoms. The molecule has 0 aliphatic carbocycles. The van der Waals surface area contributed by atoms with Crippen LogP contribution in [0.4, 0.5) is 0 Å². The van der Waals surface area contributed by atoms with E-state index in [1.807, 2.05) is 11.7 Å². The molecular formula is C12H23N3. The fourth-order valence-corrected chi connectivity index (χ4v) is 2.22. The maximum atomic E-state index is 4.58. The Hall–Kier alpha value is -0.830. The van der Waals surface area contributed by atoms with E-state index in [2.05, 4.69) is 38.1 Å². The Morgan fingerprint density at radius 1 is 1.27 bits per heavy atom. The summed E-state index contributed by atoms with van der Waals surface area (Å²) in [5, 5.41) is 8.05. The Morgan fingerprint density at radius 3 is 2.40 bits per heavy atom. The highest BCUT2D eigenvalue weighted by molar-refractivity contribution is 5.29. The van der Waals surface area contributed by atoms with Gasteiger partial charge in [0.05, 0.1) is 5.69 Å². The van der Waals surface area contributed by atoms with Gasteiger partial charge in [0.2, 0.25) is 0 Å². The summed E-state index contributed by atoms with van der Waals surface area (Å²) in [6.07, 6.45) is 2.06. The van der Waals surface area contributed by atoms with Gasteiger partial charge >= 0.3 is 0 Å². The van der Waals surface area contributed by atoms with Gasteiger partial charge in [-0.3, -0.25) is 4.68 Å². The maximum absolute atomic E-state index is 4.58. The zero-order valence-electron chi connectivity index (χ0n) is 10.6. The molecule has 0 radical (unpaired) electrons. The Kier molecular flexibility index (Phi) is 4.33. The Morgan fingerprint density at radius 2 is 1.93 bits per heavy atom. The standard InChI is InChI=1S/C12H23N3/c1-6-10-12(9(4)13-8-3)11(7-2)15(5)14-10/h9,13H,6-8H2,1-5H3. The average Bonchev–Trinajstić information content (AvgIpc) is 2.54. The summed E-state index contributed by atoms with van der Waals surface area (Å²) in [6, 6.07) is 0.411. The van der Waals surface area contributed by atoms with Gasteiger partial charge in [-0.15, -0.1) is 0 Å². The molecule has 1 unspecified atom stereocenters. The monoisotopic (exact) mass is 209 g/mol. The summed E-state index contributed by atoms with van der Waals surface area (Å²) in [5.41, 5.74) is 4.01. The van der Waals surface area contributed by atoms with Gasteiger partial charge in [0.15, 0.2) is 0 Å². The second-order valence-electron chi connectivity index (χ2n) is 3.92. The van der Waals surface area contributed by atoms with Gasteiger partial charge in [-0.05, 0) is 26.3 Å². The smallest absolute Gasteiger partial charge is 0.0672 e. The van der Waals surface area contributed by atoms with E-state index < -0.39 is 0 Å². The molecule has 86 valence electrons. The van der Waals surface area contributed by atoms with Gasteiger partial charge in [0, 0.05) is 24.3 Å². The molecule has 1 atom stereocenters. The molecule has 0 saturated heterocycles. The third-order valence-corrected chi connectivity index (χ3v) is 2.90. The molecule has 0 aliphatic heterocycles. The Labute approximate surface area is 92.9 Å². The first-order valence-corrected chi connectivity index (χ1v) is 5.93. The van der Waals surface area contributed by atoms with Gasteiger partial charge in [0.1, 0.15) is 0 Å². The van der Waals surface area contributed by atoms with Crippen LogP contribution in [0, 0.1) is 0 Å². The first-order chi connectivity index (χ1) is 7.15. The lowest BCUT2D eigenvalue weighted by Crippen LogP contribution is -2.19. The minimum atomic E-state index is 0.411. The largest absolute Gasteiger partial charge is 0.310 e. The third kappa shape index (κ3) is 2.40. The van der Waals surface area contributed by atoms with Crippen LogP contribution in [0.2, 0.25) is 0 Å². The normalized spacial score (nSPS) is 13.1. The summed E-state index contributed by atoms with van der Waals surface area (Å²) in [4.78, 5) is 0. The lowest BCUT2D eigenvalue weighted by atomic mass is 10.0. The van der Waals surface area contributed by atoms with E-state index in [-0.39, 0.29) is 0 Å². The molecule has 1 heterocycles. The number of nitrogens with one attached hydrogen (secondary N) is 1. The molecule has 1 aromatic rings. The van der Waals surface area contributed by atoms with Crippen molar-refractivity contribution in [2.24, 2.45) is 7.05 Å². The number of hydrogen-bond acceptors (Lipinski definition) is 2. The van der Waals surface area contributed by atoms with Gasteiger partial charge < -0.3 is 5.32 Å². The van der Waals surface area contributed by atoms with Crippen LogP contribution in [0.15, 0.2) is 0 Å². The van der Waals surface area contributed by atoms with Crippen molar-refractivity contribution in [2.45, 2.75) is 46.6 Å². The minimum Gasteiger partial charge on any atom is -0.310 e. The molecule has 3 heteroatoms. The van der Waals surface area contributed by atoms with Crippen molar-refractivity contribution in [1.29, 1.82) is 0 Å². The molecule has 0 fully saturated rings. The van der Waals surface area contributed by atoms with Crippen molar-refractivity contribution in [1.82, 2.24) is 15.1 Å². The summed E-state index contributed by atoms with van der Waals surface area (Å²) in [7, 11) is 2.04. The fraction of sp³-hybridized carbons (Fsp3) is 0.750. The highest BCUT2D eigenvalue weighted by atomic mass is 15.3. The second-order valence-corrected chi connectivity index (χ2v) is 3.92. The lowest BCUT2D eigenvalue weighted by molar-refractivity contribution is 0.586. The predicted octanol–water partition coefficient (Wildman–Crippen LogP) is 2.22. The number of nitrogens with zero attached hydrogens (tertiary/aromatic N) is 2. The molecule has 1 aromatic heterocycles. The quantitative estimate of drug-likeness (QED) is 0.806. The molecule has 0 saturated carbocycles. The van der Waals surface area contributed by atoms with E-state index in [0.29, 0.717) is 6.04 Å².